The van der Waals surface area contributed by atoms with Gasteiger partial charge in [0.2, 0.25) is 0 Å². The number of hydrogen-bond acceptors (Lipinski definition) is 4. The van der Waals surface area contributed by atoms with Crippen LogP contribution in [0.1, 0.15) is 11.3 Å². The fourth-order valence-electron chi connectivity index (χ4n) is 2.93. The van der Waals surface area contributed by atoms with Crippen molar-refractivity contribution in [3.05, 3.63) is 65.6 Å². The monoisotopic (exact) mass is 333 g/mol. The van der Waals surface area contributed by atoms with Gasteiger partial charge in [0.05, 0.1) is 7.11 Å². The zero-order valence-corrected chi connectivity index (χ0v) is 13.9. The SMILES string of the molecule is COc1ccccc1-c1c(C)nc(N)c(C#N)c1-c1ccc(F)cc1. The molecule has 0 unspecified atom stereocenters. The fraction of sp³-hybridized carbons (Fsp3) is 0.100. The first-order chi connectivity index (χ1) is 12.1. The highest BCUT2D eigenvalue weighted by atomic mass is 19.1. The van der Waals surface area contributed by atoms with Crippen molar-refractivity contribution in [2.24, 2.45) is 0 Å². The van der Waals surface area contributed by atoms with Crippen molar-refractivity contribution < 1.29 is 9.13 Å². The molecule has 0 aliphatic carbocycles. The molecular weight excluding hydrogens is 317 g/mol. The highest BCUT2D eigenvalue weighted by Gasteiger charge is 2.21. The molecule has 0 amide bonds. The summed E-state index contributed by atoms with van der Waals surface area (Å²) in [5.74, 6) is 0.460. The molecule has 0 fully saturated rings. The number of halogens is 1. The first-order valence-corrected chi connectivity index (χ1v) is 7.66. The summed E-state index contributed by atoms with van der Waals surface area (Å²) in [6.45, 7) is 1.83. The molecule has 0 aliphatic heterocycles. The van der Waals surface area contributed by atoms with E-state index in [-0.39, 0.29) is 17.2 Å². The molecule has 0 atom stereocenters. The molecule has 1 aromatic heterocycles. The number of ether oxygens (including phenoxy) is 1. The maximum atomic E-state index is 13.4. The van der Waals surface area contributed by atoms with Gasteiger partial charge in [-0.05, 0) is 30.7 Å². The summed E-state index contributed by atoms with van der Waals surface area (Å²) in [5, 5.41) is 9.63. The van der Waals surface area contributed by atoms with Crippen LogP contribution in [-0.4, -0.2) is 12.1 Å². The lowest BCUT2D eigenvalue weighted by atomic mass is 9.89. The Morgan fingerprint density at radius 2 is 1.76 bits per heavy atom. The zero-order valence-electron chi connectivity index (χ0n) is 13.9. The van der Waals surface area contributed by atoms with Crippen LogP contribution >= 0.6 is 0 Å². The molecule has 4 nitrogen and oxygen atoms in total. The normalized spacial score (nSPS) is 10.3. The van der Waals surface area contributed by atoms with Crippen molar-refractivity contribution in [3.8, 4) is 34.1 Å². The molecule has 0 aliphatic rings. The molecule has 0 bridgehead atoms. The number of benzene rings is 2. The third kappa shape index (κ3) is 2.90. The number of hydrogen-bond donors (Lipinski definition) is 1. The summed E-state index contributed by atoms with van der Waals surface area (Å²) in [7, 11) is 1.58. The van der Waals surface area contributed by atoms with Crippen LogP contribution in [-0.2, 0) is 0 Å². The number of aromatic nitrogens is 1. The van der Waals surface area contributed by atoms with E-state index >= 15 is 0 Å². The molecule has 0 saturated heterocycles. The number of nitrogen functional groups attached to an aromatic ring is 1. The van der Waals surface area contributed by atoms with Crippen LogP contribution in [0.3, 0.4) is 0 Å². The number of rotatable bonds is 3. The van der Waals surface area contributed by atoms with Gasteiger partial charge >= 0.3 is 0 Å². The van der Waals surface area contributed by atoms with Crippen LogP contribution < -0.4 is 10.5 Å². The molecule has 124 valence electrons. The van der Waals surface area contributed by atoms with Crippen molar-refractivity contribution in [2.75, 3.05) is 12.8 Å². The van der Waals surface area contributed by atoms with Crippen LogP contribution in [0.2, 0.25) is 0 Å². The second-order valence-electron chi connectivity index (χ2n) is 5.53. The van der Waals surface area contributed by atoms with Gasteiger partial charge in [-0.1, -0.05) is 30.3 Å². The second kappa shape index (κ2) is 6.62. The van der Waals surface area contributed by atoms with Gasteiger partial charge in [-0.3, -0.25) is 0 Å². The number of aryl methyl sites for hydroxylation is 1. The van der Waals surface area contributed by atoms with Gasteiger partial charge in [0.15, 0.2) is 0 Å². The lowest BCUT2D eigenvalue weighted by Crippen LogP contribution is -2.04. The van der Waals surface area contributed by atoms with E-state index in [2.05, 4.69) is 11.1 Å². The van der Waals surface area contributed by atoms with E-state index in [0.717, 1.165) is 11.1 Å². The maximum absolute atomic E-state index is 13.4. The predicted octanol–water partition coefficient (Wildman–Crippen LogP) is 4.33. The zero-order chi connectivity index (χ0) is 18.0. The van der Waals surface area contributed by atoms with Gasteiger partial charge < -0.3 is 10.5 Å². The summed E-state index contributed by atoms with van der Waals surface area (Å²) in [6.07, 6.45) is 0. The fourth-order valence-corrected chi connectivity index (χ4v) is 2.93. The van der Waals surface area contributed by atoms with Crippen LogP contribution in [0, 0.1) is 24.1 Å². The largest absolute Gasteiger partial charge is 0.496 e. The van der Waals surface area contributed by atoms with Crippen LogP contribution in [0.25, 0.3) is 22.3 Å². The highest BCUT2D eigenvalue weighted by molar-refractivity contribution is 5.92. The number of anilines is 1. The third-order valence-corrected chi connectivity index (χ3v) is 4.03. The van der Waals surface area contributed by atoms with E-state index in [1.54, 1.807) is 19.2 Å². The van der Waals surface area contributed by atoms with E-state index in [1.165, 1.54) is 12.1 Å². The summed E-state index contributed by atoms with van der Waals surface area (Å²) in [6, 6.07) is 15.6. The number of nitrogens with two attached hydrogens (primary N) is 1. The molecule has 2 aromatic carbocycles. The van der Waals surface area contributed by atoms with Crippen LogP contribution in [0.5, 0.6) is 5.75 Å². The minimum atomic E-state index is -0.347. The van der Waals surface area contributed by atoms with Crippen molar-refractivity contribution in [1.82, 2.24) is 4.98 Å². The van der Waals surface area contributed by atoms with Crippen molar-refractivity contribution in [1.29, 1.82) is 5.26 Å². The quantitative estimate of drug-likeness (QED) is 0.774. The van der Waals surface area contributed by atoms with Gasteiger partial charge in [-0.15, -0.1) is 0 Å². The Kier molecular flexibility index (Phi) is 4.36. The molecular formula is C20H16FN3O. The van der Waals surface area contributed by atoms with Crippen molar-refractivity contribution in [3.63, 3.8) is 0 Å². The Balaban J connectivity index is 2.43. The van der Waals surface area contributed by atoms with Gasteiger partial charge in [0.1, 0.15) is 29.0 Å². The first kappa shape index (κ1) is 16.5. The summed E-state index contributed by atoms with van der Waals surface area (Å²) >= 11 is 0. The summed E-state index contributed by atoms with van der Waals surface area (Å²) < 4.78 is 18.8. The Bertz CT molecular complexity index is 975. The molecule has 2 N–H and O–H groups in total. The minimum absolute atomic E-state index is 0.151. The number of nitriles is 1. The van der Waals surface area contributed by atoms with Gasteiger partial charge in [-0.25, -0.2) is 9.37 Å². The average Bonchev–Trinajstić information content (AvgIpc) is 2.62. The molecule has 0 radical (unpaired) electrons. The van der Waals surface area contributed by atoms with E-state index in [9.17, 15) is 9.65 Å². The number of methoxy groups -OCH3 is 1. The Hall–Kier alpha value is -3.39. The van der Waals surface area contributed by atoms with Crippen molar-refractivity contribution >= 4 is 5.82 Å². The van der Waals surface area contributed by atoms with E-state index in [1.807, 2.05) is 31.2 Å². The molecule has 3 aromatic rings. The first-order valence-electron chi connectivity index (χ1n) is 7.66. The smallest absolute Gasteiger partial charge is 0.142 e. The van der Waals surface area contributed by atoms with Gasteiger partial charge in [0, 0.05) is 22.4 Å². The average molecular weight is 333 g/mol. The van der Waals surface area contributed by atoms with Gasteiger partial charge in [0.25, 0.3) is 0 Å². The molecule has 25 heavy (non-hydrogen) atoms. The lowest BCUT2D eigenvalue weighted by Gasteiger charge is -2.18. The van der Waals surface area contributed by atoms with Crippen LogP contribution in [0.15, 0.2) is 48.5 Å². The highest BCUT2D eigenvalue weighted by Crippen LogP contribution is 2.41. The molecule has 3 rings (SSSR count). The minimum Gasteiger partial charge on any atom is -0.496 e. The predicted molar refractivity (Wildman–Crippen MR) is 95.5 cm³/mol. The Labute approximate surface area is 145 Å². The summed E-state index contributed by atoms with van der Waals surface area (Å²) in [4.78, 5) is 4.33. The Morgan fingerprint density at radius 3 is 2.40 bits per heavy atom. The lowest BCUT2D eigenvalue weighted by molar-refractivity contribution is 0.416. The van der Waals surface area contributed by atoms with E-state index < -0.39 is 0 Å². The topological polar surface area (TPSA) is 71.9 Å². The molecule has 5 heteroatoms. The number of para-hydroxylation sites is 1. The molecule has 1 heterocycles. The number of pyridine rings is 1. The van der Waals surface area contributed by atoms with Gasteiger partial charge in [-0.2, -0.15) is 5.26 Å². The number of nitrogens with zero attached hydrogens (tertiary/aromatic N) is 2. The second-order valence-corrected chi connectivity index (χ2v) is 5.53. The van der Waals surface area contributed by atoms with Crippen molar-refractivity contribution in [2.45, 2.75) is 6.92 Å². The van der Waals surface area contributed by atoms with E-state index in [4.69, 9.17) is 10.5 Å². The van der Waals surface area contributed by atoms with Crippen LogP contribution in [0.4, 0.5) is 10.2 Å². The molecule has 0 spiro atoms. The Morgan fingerprint density at radius 1 is 1.08 bits per heavy atom. The maximum Gasteiger partial charge on any atom is 0.142 e. The standard InChI is InChI=1S/C20H16FN3O/c1-12-18(15-5-3-4-6-17(15)25-2)19(16(11-22)20(23)24-12)13-7-9-14(21)10-8-13/h3-10H,1-2H3,(H2,23,24). The third-order valence-electron chi connectivity index (χ3n) is 4.03. The summed E-state index contributed by atoms with van der Waals surface area (Å²) in [5.41, 5.74) is 9.76. The van der Waals surface area contributed by atoms with E-state index in [0.29, 0.717) is 22.6 Å². The molecule has 0 saturated carbocycles.